The van der Waals surface area contributed by atoms with Crippen LogP contribution in [0.1, 0.15) is 10.4 Å². The summed E-state index contributed by atoms with van der Waals surface area (Å²) in [5.41, 5.74) is 4.79. The molecule has 3 N–H and O–H groups in total. The first-order chi connectivity index (χ1) is 15.0. The molecule has 0 fully saturated rings. The van der Waals surface area contributed by atoms with Crippen molar-refractivity contribution in [3.63, 3.8) is 0 Å². The highest BCUT2D eigenvalue weighted by Crippen LogP contribution is 2.26. The number of aliphatic hydroxyl groups is 1. The highest BCUT2D eigenvalue weighted by molar-refractivity contribution is 6.05. The summed E-state index contributed by atoms with van der Waals surface area (Å²) in [6.45, 7) is 0.202. The minimum absolute atomic E-state index is 0.0385. The second-order valence-electron chi connectivity index (χ2n) is 7.31. The van der Waals surface area contributed by atoms with Crippen molar-refractivity contribution in [1.82, 2.24) is 9.97 Å². The Kier molecular flexibility index (Phi) is 5.86. The van der Waals surface area contributed by atoms with Gasteiger partial charge in [0.05, 0.1) is 17.6 Å². The van der Waals surface area contributed by atoms with Crippen LogP contribution in [0.3, 0.4) is 0 Å². The highest BCUT2D eigenvalue weighted by Gasteiger charge is 2.10. The molecule has 7 nitrogen and oxygen atoms in total. The maximum atomic E-state index is 12.6. The lowest BCUT2D eigenvalue weighted by molar-refractivity contribution is 0.102. The molecule has 1 heterocycles. The zero-order chi connectivity index (χ0) is 21.8. The van der Waals surface area contributed by atoms with Crippen molar-refractivity contribution in [2.45, 2.75) is 0 Å². The van der Waals surface area contributed by atoms with Gasteiger partial charge in [-0.3, -0.25) is 4.79 Å². The van der Waals surface area contributed by atoms with Gasteiger partial charge in [-0.1, -0.05) is 12.1 Å². The number of nitrogens with zero attached hydrogens (tertiary/aromatic N) is 2. The van der Waals surface area contributed by atoms with Crippen molar-refractivity contribution in [3.05, 3.63) is 72.3 Å². The molecule has 4 rings (SSSR count). The van der Waals surface area contributed by atoms with E-state index in [9.17, 15) is 4.79 Å². The average molecular weight is 416 g/mol. The summed E-state index contributed by atoms with van der Waals surface area (Å²) in [6.07, 6.45) is 0. The van der Waals surface area contributed by atoms with Gasteiger partial charge < -0.3 is 25.0 Å². The number of amides is 1. The Morgan fingerprint density at radius 1 is 1.10 bits per heavy atom. The minimum atomic E-state index is -0.172. The van der Waals surface area contributed by atoms with Gasteiger partial charge in [-0.15, -0.1) is 0 Å². The number of aliphatic hydroxyl groups excluding tert-OH is 1. The Hall–Kier alpha value is -3.84. The summed E-state index contributed by atoms with van der Waals surface area (Å²) in [7, 11) is 3.92. The largest absolute Gasteiger partial charge is 0.491 e. The fourth-order valence-corrected chi connectivity index (χ4v) is 3.23. The Bertz CT molecular complexity index is 1200. The molecule has 1 amide bonds. The zero-order valence-electron chi connectivity index (χ0n) is 17.4. The lowest BCUT2D eigenvalue weighted by Gasteiger charge is -2.12. The number of H-pyrrole nitrogens is 1. The molecule has 0 aliphatic carbocycles. The molecule has 158 valence electrons. The molecule has 0 atom stereocenters. The van der Waals surface area contributed by atoms with E-state index in [2.05, 4.69) is 15.3 Å². The van der Waals surface area contributed by atoms with Crippen LogP contribution >= 0.6 is 0 Å². The molecule has 1 aromatic heterocycles. The van der Waals surface area contributed by atoms with E-state index in [4.69, 9.17) is 9.84 Å². The number of aromatic nitrogens is 2. The first-order valence-corrected chi connectivity index (χ1v) is 9.96. The van der Waals surface area contributed by atoms with E-state index < -0.39 is 0 Å². The monoisotopic (exact) mass is 416 g/mol. The molecule has 0 saturated heterocycles. The molecule has 0 unspecified atom stereocenters. The summed E-state index contributed by atoms with van der Waals surface area (Å²) >= 11 is 0. The standard InChI is InChI=1S/C24H24N4O3/c1-28(2)19-9-6-16(7-10-19)24(30)25-18-8-11-21-22(15-18)27-23(26-21)17-4-3-5-20(14-17)31-13-12-29/h3-11,14-15,29H,12-13H2,1-2H3,(H,25,30)(H,26,27). The first-order valence-electron chi connectivity index (χ1n) is 9.96. The van der Waals surface area contributed by atoms with Crippen LogP contribution in [-0.4, -0.2) is 48.3 Å². The Morgan fingerprint density at radius 3 is 2.65 bits per heavy atom. The number of carbonyl (C=O) groups excluding carboxylic acids is 1. The molecule has 31 heavy (non-hydrogen) atoms. The molecule has 0 saturated carbocycles. The van der Waals surface area contributed by atoms with Crippen molar-refractivity contribution in [2.75, 3.05) is 37.5 Å². The van der Waals surface area contributed by atoms with E-state index in [0.29, 0.717) is 22.8 Å². The highest BCUT2D eigenvalue weighted by atomic mass is 16.5. The lowest BCUT2D eigenvalue weighted by atomic mass is 10.2. The number of benzene rings is 3. The van der Waals surface area contributed by atoms with Gasteiger partial charge in [0.2, 0.25) is 0 Å². The quantitative estimate of drug-likeness (QED) is 0.425. The van der Waals surface area contributed by atoms with Crippen molar-refractivity contribution in [3.8, 4) is 17.1 Å². The smallest absolute Gasteiger partial charge is 0.255 e. The third kappa shape index (κ3) is 4.67. The van der Waals surface area contributed by atoms with Crippen LogP contribution in [0.2, 0.25) is 0 Å². The second-order valence-corrected chi connectivity index (χ2v) is 7.31. The third-order valence-corrected chi connectivity index (χ3v) is 4.85. The van der Waals surface area contributed by atoms with E-state index in [1.807, 2.05) is 85.7 Å². The Labute approximate surface area is 180 Å². The molecule has 0 aliphatic rings. The van der Waals surface area contributed by atoms with E-state index in [0.717, 1.165) is 22.3 Å². The predicted octanol–water partition coefficient (Wildman–Crippen LogP) is 3.92. The van der Waals surface area contributed by atoms with Gasteiger partial charge in [-0.25, -0.2) is 4.98 Å². The number of ether oxygens (including phenoxy) is 1. The fraction of sp³-hybridized carbons (Fsp3) is 0.167. The average Bonchev–Trinajstić information content (AvgIpc) is 3.21. The number of aromatic amines is 1. The summed E-state index contributed by atoms with van der Waals surface area (Å²) in [6, 6.07) is 20.5. The number of fused-ring (bicyclic) bond motifs is 1. The zero-order valence-corrected chi connectivity index (χ0v) is 17.4. The van der Waals surface area contributed by atoms with Crippen LogP contribution in [0, 0.1) is 0 Å². The lowest BCUT2D eigenvalue weighted by Crippen LogP contribution is -2.13. The summed E-state index contributed by atoms with van der Waals surface area (Å²) < 4.78 is 5.47. The number of anilines is 2. The van der Waals surface area contributed by atoms with Gasteiger partial charge in [0.15, 0.2) is 0 Å². The molecule has 0 spiro atoms. The number of nitrogens with one attached hydrogen (secondary N) is 2. The van der Waals surface area contributed by atoms with E-state index in [1.54, 1.807) is 0 Å². The Morgan fingerprint density at radius 2 is 1.90 bits per heavy atom. The number of imidazole rings is 1. The molecule has 0 aliphatic heterocycles. The van der Waals surface area contributed by atoms with Gasteiger partial charge in [-0.05, 0) is 54.6 Å². The van der Waals surface area contributed by atoms with Crippen molar-refractivity contribution in [1.29, 1.82) is 0 Å². The third-order valence-electron chi connectivity index (χ3n) is 4.85. The van der Waals surface area contributed by atoms with E-state index >= 15 is 0 Å². The number of rotatable bonds is 7. The van der Waals surface area contributed by atoms with Gasteiger partial charge in [0, 0.05) is 36.6 Å². The fourth-order valence-electron chi connectivity index (χ4n) is 3.23. The van der Waals surface area contributed by atoms with Crippen molar-refractivity contribution >= 4 is 28.3 Å². The maximum Gasteiger partial charge on any atom is 0.255 e. The van der Waals surface area contributed by atoms with Crippen LogP contribution in [0.5, 0.6) is 5.75 Å². The van der Waals surface area contributed by atoms with Crippen LogP contribution in [0.4, 0.5) is 11.4 Å². The summed E-state index contributed by atoms with van der Waals surface area (Å²) in [4.78, 5) is 22.5. The SMILES string of the molecule is CN(C)c1ccc(C(=O)Nc2ccc3[nH]c(-c4cccc(OCCO)c4)nc3c2)cc1. The molecule has 7 heteroatoms. The van der Waals surface area contributed by atoms with Gasteiger partial charge >= 0.3 is 0 Å². The minimum Gasteiger partial charge on any atom is -0.491 e. The summed E-state index contributed by atoms with van der Waals surface area (Å²) in [5, 5.41) is 11.9. The second kappa shape index (κ2) is 8.89. The molecule has 0 bridgehead atoms. The van der Waals surface area contributed by atoms with Crippen molar-refractivity contribution < 1.29 is 14.6 Å². The van der Waals surface area contributed by atoms with Gasteiger partial charge in [-0.2, -0.15) is 0 Å². The summed E-state index contributed by atoms with van der Waals surface area (Å²) in [5.74, 6) is 1.20. The van der Waals surface area contributed by atoms with Gasteiger partial charge in [0.25, 0.3) is 5.91 Å². The number of hydrogen-bond donors (Lipinski definition) is 3. The number of hydrogen-bond acceptors (Lipinski definition) is 5. The van der Waals surface area contributed by atoms with Gasteiger partial charge in [0.1, 0.15) is 18.2 Å². The predicted molar refractivity (Wildman–Crippen MR) is 123 cm³/mol. The van der Waals surface area contributed by atoms with E-state index in [1.165, 1.54) is 0 Å². The van der Waals surface area contributed by atoms with Crippen LogP contribution in [-0.2, 0) is 0 Å². The molecule has 0 radical (unpaired) electrons. The molecule has 3 aromatic carbocycles. The molecule has 4 aromatic rings. The Balaban J connectivity index is 1.53. The van der Waals surface area contributed by atoms with Crippen molar-refractivity contribution in [2.24, 2.45) is 0 Å². The van der Waals surface area contributed by atoms with E-state index in [-0.39, 0.29) is 19.1 Å². The van der Waals surface area contributed by atoms with Crippen LogP contribution in [0.25, 0.3) is 22.4 Å². The normalized spacial score (nSPS) is 10.8. The maximum absolute atomic E-state index is 12.6. The number of carbonyl (C=O) groups is 1. The van der Waals surface area contributed by atoms with Crippen LogP contribution in [0.15, 0.2) is 66.7 Å². The first kappa shape index (κ1) is 20.4. The topological polar surface area (TPSA) is 90.5 Å². The molecular weight excluding hydrogens is 392 g/mol. The van der Waals surface area contributed by atoms with Crippen LogP contribution < -0.4 is 15.0 Å². The molecular formula is C24H24N4O3.